The van der Waals surface area contributed by atoms with Gasteiger partial charge in [0.2, 0.25) is 0 Å². The Balaban J connectivity index is 1.69. The van der Waals surface area contributed by atoms with E-state index in [4.69, 9.17) is 4.74 Å². The van der Waals surface area contributed by atoms with Crippen LogP contribution in [0.1, 0.15) is 47.0 Å². The van der Waals surface area contributed by atoms with Crippen molar-refractivity contribution in [2.45, 2.75) is 59.2 Å². The Morgan fingerprint density at radius 3 is 2.44 bits per heavy atom. The third-order valence-electron chi connectivity index (χ3n) is 4.41. The molecule has 2 rings (SSSR count). The summed E-state index contributed by atoms with van der Waals surface area (Å²) in [7, 11) is 0. The van der Waals surface area contributed by atoms with Crippen molar-refractivity contribution in [3.05, 3.63) is 0 Å². The number of hydrogen-bond acceptors (Lipinski definition) is 3. The fourth-order valence-corrected chi connectivity index (χ4v) is 2.99. The van der Waals surface area contributed by atoms with Gasteiger partial charge in [-0.2, -0.15) is 0 Å². The zero-order chi connectivity index (χ0) is 13.2. The fraction of sp³-hybridized carbons (Fsp3) is 1.00. The van der Waals surface area contributed by atoms with Crippen LogP contribution in [0.3, 0.4) is 0 Å². The van der Waals surface area contributed by atoms with E-state index < -0.39 is 0 Å². The molecular weight excluding hydrogens is 224 g/mol. The van der Waals surface area contributed by atoms with Gasteiger partial charge in [0.15, 0.2) is 0 Å². The van der Waals surface area contributed by atoms with Crippen molar-refractivity contribution in [2.24, 2.45) is 11.3 Å². The highest BCUT2D eigenvalue weighted by atomic mass is 16.5. The zero-order valence-electron chi connectivity index (χ0n) is 12.5. The Bertz CT molecular complexity index is 247. The van der Waals surface area contributed by atoms with Crippen LogP contribution in [0.25, 0.3) is 0 Å². The fourth-order valence-electron chi connectivity index (χ4n) is 2.99. The van der Waals surface area contributed by atoms with Crippen LogP contribution >= 0.6 is 0 Å². The molecule has 2 aliphatic heterocycles. The van der Waals surface area contributed by atoms with E-state index in [2.05, 4.69) is 37.9 Å². The standard InChI is InChI=1S/C15H30N2O/c1-12(2)17-7-5-13(6-8-17)9-14-16-10-15(3,4)11-18-14/h12-14,16H,5-11H2,1-4H3. The predicted molar refractivity (Wildman–Crippen MR) is 75.6 cm³/mol. The molecule has 18 heavy (non-hydrogen) atoms. The van der Waals surface area contributed by atoms with Crippen LogP contribution < -0.4 is 5.32 Å². The molecule has 3 heteroatoms. The normalized spacial score (nSPS) is 30.8. The molecule has 1 N–H and O–H groups in total. The van der Waals surface area contributed by atoms with Gasteiger partial charge in [0.05, 0.1) is 6.61 Å². The minimum atomic E-state index is 0.300. The first-order valence-corrected chi connectivity index (χ1v) is 7.55. The van der Waals surface area contributed by atoms with E-state index in [9.17, 15) is 0 Å². The van der Waals surface area contributed by atoms with Crippen LogP contribution in [0.15, 0.2) is 0 Å². The molecule has 2 fully saturated rings. The highest BCUT2D eigenvalue weighted by Crippen LogP contribution is 2.26. The van der Waals surface area contributed by atoms with E-state index in [-0.39, 0.29) is 0 Å². The smallest absolute Gasteiger partial charge is 0.108 e. The van der Waals surface area contributed by atoms with Crippen LogP contribution in [-0.4, -0.2) is 43.4 Å². The van der Waals surface area contributed by atoms with Gasteiger partial charge in [0.1, 0.15) is 6.23 Å². The van der Waals surface area contributed by atoms with Crippen molar-refractivity contribution in [3.8, 4) is 0 Å². The second-order valence-electron chi connectivity index (χ2n) is 7.15. The highest BCUT2D eigenvalue weighted by molar-refractivity contribution is 4.81. The van der Waals surface area contributed by atoms with E-state index >= 15 is 0 Å². The van der Waals surface area contributed by atoms with Crippen LogP contribution in [0, 0.1) is 11.3 Å². The molecule has 2 heterocycles. The first-order valence-electron chi connectivity index (χ1n) is 7.55. The molecule has 0 aromatic carbocycles. The molecule has 0 radical (unpaired) electrons. The summed E-state index contributed by atoms with van der Waals surface area (Å²) in [6, 6.07) is 0.704. The van der Waals surface area contributed by atoms with Gasteiger partial charge in [0, 0.05) is 18.0 Å². The minimum Gasteiger partial charge on any atom is -0.363 e. The summed E-state index contributed by atoms with van der Waals surface area (Å²) in [6.07, 6.45) is 4.17. The van der Waals surface area contributed by atoms with Gasteiger partial charge in [-0.25, -0.2) is 0 Å². The Labute approximate surface area is 112 Å². The molecule has 2 aliphatic rings. The molecule has 0 spiro atoms. The van der Waals surface area contributed by atoms with Gasteiger partial charge in [-0.3, -0.25) is 5.32 Å². The Morgan fingerprint density at radius 2 is 1.94 bits per heavy atom. The van der Waals surface area contributed by atoms with Gasteiger partial charge in [-0.1, -0.05) is 13.8 Å². The van der Waals surface area contributed by atoms with E-state index in [1.54, 1.807) is 0 Å². The van der Waals surface area contributed by atoms with E-state index in [1.807, 2.05) is 0 Å². The molecule has 0 saturated carbocycles. The van der Waals surface area contributed by atoms with Crippen molar-refractivity contribution in [3.63, 3.8) is 0 Å². The lowest BCUT2D eigenvalue weighted by atomic mass is 9.90. The maximum absolute atomic E-state index is 5.95. The topological polar surface area (TPSA) is 24.5 Å². The van der Waals surface area contributed by atoms with Gasteiger partial charge in [0.25, 0.3) is 0 Å². The summed E-state index contributed by atoms with van der Waals surface area (Å²) in [5.74, 6) is 0.846. The number of nitrogens with zero attached hydrogens (tertiary/aromatic N) is 1. The molecule has 3 nitrogen and oxygen atoms in total. The largest absolute Gasteiger partial charge is 0.363 e. The summed E-state index contributed by atoms with van der Waals surface area (Å²) in [6.45, 7) is 13.6. The van der Waals surface area contributed by atoms with E-state index in [0.717, 1.165) is 19.1 Å². The summed E-state index contributed by atoms with van der Waals surface area (Å²) in [5, 5.41) is 3.55. The van der Waals surface area contributed by atoms with Crippen molar-refractivity contribution in [1.82, 2.24) is 10.2 Å². The number of ether oxygens (including phenoxy) is 1. The Hall–Kier alpha value is -0.120. The molecule has 1 unspecified atom stereocenters. The second kappa shape index (κ2) is 5.89. The van der Waals surface area contributed by atoms with Crippen LogP contribution in [0.5, 0.6) is 0 Å². The molecular formula is C15H30N2O. The summed E-state index contributed by atoms with van der Waals surface area (Å²) >= 11 is 0. The third-order valence-corrected chi connectivity index (χ3v) is 4.41. The van der Waals surface area contributed by atoms with Crippen LogP contribution in [-0.2, 0) is 4.74 Å². The summed E-state index contributed by atoms with van der Waals surface area (Å²) < 4.78 is 5.95. The lowest BCUT2D eigenvalue weighted by Gasteiger charge is -2.39. The minimum absolute atomic E-state index is 0.300. The Kier molecular flexibility index (Phi) is 4.68. The van der Waals surface area contributed by atoms with Crippen LogP contribution in [0.2, 0.25) is 0 Å². The van der Waals surface area contributed by atoms with Crippen molar-refractivity contribution in [1.29, 1.82) is 0 Å². The first kappa shape index (κ1) is 14.3. The molecule has 0 aromatic heterocycles. The monoisotopic (exact) mass is 254 g/mol. The molecule has 0 amide bonds. The number of likely N-dealkylation sites (tertiary alicyclic amines) is 1. The van der Waals surface area contributed by atoms with Gasteiger partial charge in [-0.15, -0.1) is 0 Å². The molecule has 0 aromatic rings. The molecule has 0 aliphatic carbocycles. The molecule has 2 saturated heterocycles. The zero-order valence-corrected chi connectivity index (χ0v) is 12.5. The summed E-state index contributed by atoms with van der Waals surface area (Å²) in [5.41, 5.74) is 0.303. The lowest BCUT2D eigenvalue weighted by molar-refractivity contribution is -0.0706. The Morgan fingerprint density at radius 1 is 1.28 bits per heavy atom. The SMILES string of the molecule is CC(C)N1CCC(CC2NCC(C)(C)CO2)CC1. The second-order valence-corrected chi connectivity index (χ2v) is 7.15. The van der Waals surface area contributed by atoms with Gasteiger partial charge in [-0.05, 0) is 52.1 Å². The van der Waals surface area contributed by atoms with Gasteiger partial charge < -0.3 is 9.64 Å². The van der Waals surface area contributed by atoms with Crippen LogP contribution in [0.4, 0.5) is 0 Å². The average molecular weight is 254 g/mol. The predicted octanol–water partition coefficient (Wildman–Crippen LogP) is 2.47. The lowest BCUT2D eigenvalue weighted by Crippen LogP contribution is -2.49. The third kappa shape index (κ3) is 3.94. The van der Waals surface area contributed by atoms with Crippen molar-refractivity contribution in [2.75, 3.05) is 26.2 Å². The maximum Gasteiger partial charge on any atom is 0.108 e. The van der Waals surface area contributed by atoms with Gasteiger partial charge >= 0.3 is 0 Å². The summed E-state index contributed by atoms with van der Waals surface area (Å²) in [4.78, 5) is 2.59. The van der Waals surface area contributed by atoms with E-state index in [0.29, 0.717) is 17.7 Å². The quantitative estimate of drug-likeness (QED) is 0.837. The maximum atomic E-state index is 5.95. The number of rotatable bonds is 3. The molecule has 1 atom stereocenters. The first-order chi connectivity index (χ1) is 8.46. The molecule has 0 bridgehead atoms. The molecule has 106 valence electrons. The average Bonchev–Trinajstić information content (AvgIpc) is 2.33. The highest BCUT2D eigenvalue weighted by Gasteiger charge is 2.29. The number of hydrogen-bond donors (Lipinski definition) is 1. The van der Waals surface area contributed by atoms with Crippen molar-refractivity contribution < 1.29 is 4.74 Å². The number of piperidine rings is 1. The number of nitrogens with one attached hydrogen (secondary N) is 1. The van der Waals surface area contributed by atoms with E-state index in [1.165, 1.54) is 32.4 Å². The van der Waals surface area contributed by atoms with Crippen molar-refractivity contribution >= 4 is 0 Å².